The molecule has 0 aromatic heterocycles. The van der Waals surface area contributed by atoms with Crippen molar-refractivity contribution in [2.24, 2.45) is 11.8 Å². The maximum atomic E-state index is 12.3. The Bertz CT molecular complexity index is 596. The predicted octanol–water partition coefficient (Wildman–Crippen LogP) is 3.22. The Hall–Kier alpha value is -2.35. The number of nitrogens with one attached hydrogen (secondary N) is 2. The summed E-state index contributed by atoms with van der Waals surface area (Å²) in [7, 11) is 0. The average molecular weight is 327 g/mol. The fraction of sp³-hybridized carbons (Fsp3) is 0.526. The summed E-state index contributed by atoms with van der Waals surface area (Å²) >= 11 is 0. The first kappa shape index (κ1) is 18.0. The number of anilines is 1. The molecule has 1 aliphatic carbocycles. The number of carbonyl (C=O) groups excluding carboxylic acids is 2. The van der Waals surface area contributed by atoms with E-state index in [9.17, 15) is 9.59 Å². The van der Waals surface area contributed by atoms with E-state index in [4.69, 9.17) is 5.26 Å². The Kier molecular flexibility index (Phi) is 6.80. The molecule has 0 unspecified atom stereocenters. The first-order valence-electron chi connectivity index (χ1n) is 8.72. The van der Waals surface area contributed by atoms with Crippen LogP contribution in [0, 0.1) is 23.2 Å². The third kappa shape index (κ3) is 5.09. The lowest BCUT2D eigenvalue weighted by Crippen LogP contribution is -2.35. The molecule has 1 aromatic carbocycles. The van der Waals surface area contributed by atoms with Gasteiger partial charge in [0.15, 0.2) is 0 Å². The highest BCUT2D eigenvalue weighted by molar-refractivity contribution is 5.92. The first-order valence-corrected chi connectivity index (χ1v) is 8.72. The van der Waals surface area contributed by atoms with E-state index in [0.717, 1.165) is 45.1 Å². The minimum Gasteiger partial charge on any atom is -0.356 e. The molecule has 5 nitrogen and oxygen atoms in total. The van der Waals surface area contributed by atoms with E-state index in [1.54, 1.807) is 24.3 Å². The van der Waals surface area contributed by atoms with Gasteiger partial charge in [0.25, 0.3) is 0 Å². The molecule has 0 saturated heterocycles. The zero-order valence-corrected chi connectivity index (χ0v) is 14.2. The molecule has 0 aliphatic heterocycles. The second-order valence-electron chi connectivity index (χ2n) is 6.37. The van der Waals surface area contributed by atoms with E-state index >= 15 is 0 Å². The van der Waals surface area contributed by atoms with Gasteiger partial charge in [-0.3, -0.25) is 9.59 Å². The maximum Gasteiger partial charge on any atom is 0.227 e. The number of hydrogen-bond acceptors (Lipinski definition) is 3. The number of benzene rings is 1. The SMILES string of the molecule is CCCCNC(=O)C1CCC(C(=O)Nc2ccc(C#N)cc2)CC1. The largest absolute Gasteiger partial charge is 0.356 e. The molecule has 0 radical (unpaired) electrons. The van der Waals surface area contributed by atoms with Crippen LogP contribution < -0.4 is 10.6 Å². The summed E-state index contributed by atoms with van der Waals surface area (Å²) in [5.74, 6) is 0.139. The first-order chi connectivity index (χ1) is 11.6. The fourth-order valence-electron chi connectivity index (χ4n) is 3.02. The molecule has 0 atom stereocenters. The third-order valence-corrected chi connectivity index (χ3v) is 4.58. The Morgan fingerprint density at radius 1 is 1.08 bits per heavy atom. The van der Waals surface area contributed by atoms with Gasteiger partial charge < -0.3 is 10.6 Å². The highest BCUT2D eigenvalue weighted by atomic mass is 16.2. The van der Waals surface area contributed by atoms with Gasteiger partial charge in [-0.15, -0.1) is 0 Å². The molecule has 128 valence electrons. The monoisotopic (exact) mass is 327 g/mol. The van der Waals surface area contributed by atoms with Gasteiger partial charge in [0, 0.05) is 24.1 Å². The van der Waals surface area contributed by atoms with Crippen molar-refractivity contribution < 1.29 is 9.59 Å². The van der Waals surface area contributed by atoms with Crippen molar-refractivity contribution in [2.45, 2.75) is 45.4 Å². The van der Waals surface area contributed by atoms with Gasteiger partial charge in [0.1, 0.15) is 0 Å². The van der Waals surface area contributed by atoms with E-state index in [1.807, 2.05) is 0 Å². The maximum absolute atomic E-state index is 12.3. The van der Waals surface area contributed by atoms with Crippen molar-refractivity contribution in [1.82, 2.24) is 5.32 Å². The molecule has 0 heterocycles. The van der Waals surface area contributed by atoms with E-state index in [2.05, 4.69) is 23.6 Å². The summed E-state index contributed by atoms with van der Waals surface area (Å²) in [5, 5.41) is 14.7. The smallest absolute Gasteiger partial charge is 0.227 e. The van der Waals surface area contributed by atoms with Crippen molar-refractivity contribution in [3.8, 4) is 6.07 Å². The normalized spacial score (nSPS) is 20.0. The number of carbonyl (C=O) groups is 2. The van der Waals surface area contributed by atoms with Crippen LogP contribution in [0.15, 0.2) is 24.3 Å². The Morgan fingerprint density at radius 3 is 2.21 bits per heavy atom. The van der Waals surface area contributed by atoms with Gasteiger partial charge in [-0.05, 0) is 56.4 Å². The highest BCUT2D eigenvalue weighted by Crippen LogP contribution is 2.29. The molecule has 1 fully saturated rings. The molecule has 0 spiro atoms. The second-order valence-corrected chi connectivity index (χ2v) is 6.37. The third-order valence-electron chi connectivity index (χ3n) is 4.58. The lowest BCUT2D eigenvalue weighted by Gasteiger charge is -2.27. The van der Waals surface area contributed by atoms with Gasteiger partial charge in [0.05, 0.1) is 11.6 Å². The van der Waals surface area contributed by atoms with Crippen LogP contribution in [0.4, 0.5) is 5.69 Å². The van der Waals surface area contributed by atoms with Gasteiger partial charge in [-0.1, -0.05) is 13.3 Å². The molecule has 2 N–H and O–H groups in total. The van der Waals surface area contributed by atoms with Crippen molar-refractivity contribution in [3.05, 3.63) is 29.8 Å². The molecule has 1 saturated carbocycles. The van der Waals surface area contributed by atoms with Crippen LogP contribution in [-0.2, 0) is 9.59 Å². The number of nitriles is 1. The predicted molar refractivity (Wildman–Crippen MR) is 93.2 cm³/mol. The number of rotatable bonds is 6. The van der Waals surface area contributed by atoms with Crippen LogP contribution >= 0.6 is 0 Å². The van der Waals surface area contributed by atoms with Crippen molar-refractivity contribution in [3.63, 3.8) is 0 Å². The van der Waals surface area contributed by atoms with E-state index in [-0.39, 0.29) is 23.7 Å². The van der Waals surface area contributed by atoms with Crippen LogP contribution in [-0.4, -0.2) is 18.4 Å². The molecule has 0 bridgehead atoms. The average Bonchev–Trinajstić information content (AvgIpc) is 2.62. The topological polar surface area (TPSA) is 82.0 Å². The standard InChI is InChI=1S/C19H25N3O2/c1-2-3-12-21-18(23)15-6-8-16(9-7-15)19(24)22-17-10-4-14(13-20)5-11-17/h4-5,10-11,15-16H,2-3,6-9,12H2,1H3,(H,21,23)(H,22,24). The molecule has 2 rings (SSSR count). The number of unbranched alkanes of at least 4 members (excludes halogenated alkanes) is 1. The zero-order valence-electron chi connectivity index (χ0n) is 14.2. The van der Waals surface area contributed by atoms with Gasteiger partial charge in [-0.25, -0.2) is 0 Å². The molecular weight excluding hydrogens is 302 g/mol. The number of nitrogens with zero attached hydrogens (tertiary/aromatic N) is 1. The zero-order chi connectivity index (χ0) is 17.4. The molecule has 1 aliphatic rings. The lowest BCUT2D eigenvalue weighted by atomic mass is 9.81. The lowest BCUT2D eigenvalue weighted by molar-refractivity contribution is -0.128. The second kappa shape index (κ2) is 9.07. The summed E-state index contributed by atoms with van der Waals surface area (Å²) in [6.07, 6.45) is 5.10. The van der Waals surface area contributed by atoms with Crippen LogP contribution in [0.3, 0.4) is 0 Å². The molecule has 1 aromatic rings. The summed E-state index contributed by atoms with van der Waals surface area (Å²) < 4.78 is 0. The van der Waals surface area contributed by atoms with Crippen molar-refractivity contribution in [2.75, 3.05) is 11.9 Å². The Morgan fingerprint density at radius 2 is 1.67 bits per heavy atom. The van der Waals surface area contributed by atoms with Gasteiger partial charge in [-0.2, -0.15) is 5.26 Å². The summed E-state index contributed by atoms with van der Waals surface area (Å²) in [5.41, 5.74) is 1.28. The van der Waals surface area contributed by atoms with Crippen LogP contribution in [0.5, 0.6) is 0 Å². The highest BCUT2D eigenvalue weighted by Gasteiger charge is 2.29. The van der Waals surface area contributed by atoms with E-state index in [1.165, 1.54) is 0 Å². The number of hydrogen-bond donors (Lipinski definition) is 2. The van der Waals surface area contributed by atoms with Gasteiger partial charge in [0.2, 0.25) is 11.8 Å². The number of amides is 2. The Labute approximate surface area is 143 Å². The Balaban J connectivity index is 1.77. The van der Waals surface area contributed by atoms with Crippen LogP contribution in [0.1, 0.15) is 51.0 Å². The molecular formula is C19H25N3O2. The summed E-state index contributed by atoms with van der Waals surface area (Å²) in [6.45, 7) is 2.85. The minimum atomic E-state index is -0.0414. The molecule has 24 heavy (non-hydrogen) atoms. The summed E-state index contributed by atoms with van der Waals surface area (Å²) in [6, 6.07) is 8.91. The minimum absolute atomic E-state index is 0.00421. The fourth-order valence-corrected chi connectivity index (χ4v) is 3.02. The van der Waals surface area contributed by atoms with Crippen molar-refractivity contribution in [1.29, 1.82) is 5.26 Å². The van der Waals surface area contributed by atoms with E-state index in [0.29, 0.717) is 11.3 Å². The van der Waals surface area contributed by atoms with Crippen LogP contribution in [0.2, 0.25) is 0 Å². The van der Waals surface area contributed by atoms with Crippen molar-refractivity contribution >= 4 is 17.5 Å². The molecule has 2 amide bonds. The molecule has 5 heteroatoms. The summed E-state index contributed by atoms with van der Waals surface area (Å²) in [4.78, 5) is 24.4. The van der Waals surface area contributed by atoms with Crippen LogP contribution in [0.25, 0.3) is 0 Å². The van der Waals surface area contributed by atoms with Gasteiger partial charge >= 0.3 is 0 Å². The van der Waals surface area contributed by atoms with E-state index < -0.39 is 0 Å². The quantitative estimate of drug-likeness (QED) is 0.787.